The van der Waals surface area contributed by atoms with Crippen molar-refractivity contribution in [2.45, 2.75) is 25.3 Å². The maximum atomic E-state index is 12.5. The SMILES string of the molecule is CS(=O)(=O)N1CCC(N(CC(F)F)C(=O)CCl)CC1. The molecule has 1 aliphatic rings. The van der Waals surface area contributed by atoms with E-state index in [4.69, 9.17) is 11.6 Å². The Balaban J connectivity index is 2.66. The van der Waals surface area contributed by atoms with Crippen LogP contribution < -0.4 is 0 Å². The fraction of sp³-hybridized carbons (Fsp3) is 0.900. The van der Waals surface area contributed by atoms with Gasteiger partial charge in [-0.15, -0.1) is 11.6 Å². The Morgan fingerprint density at radius 1 is 1.42 bits per heavy atom. The first-order valence-electron chi connectivity index (χ1n) is 5.84. The standard InChI is InChI=1S/C10H17ClF2N2O3S/c1-19(17,18)14-4-2-8(3-5-14)15(7-9(12)13)10(16)6-11/h8-9H,2-7H2,1H3. The van der Waals surface area contributed by atoms with Crippen molar-refractivity contribution in [2.24, 2.45) is 0 Å². The summed E-state index contributed by atoms with van der Waals surface area (Å²) in [7, 11) is -3.27. The van der Waals surface area contributed by atoms with E-state index in [9.17, 15) is 22.0 Å². The molecule has 0 aromatic heterocycles. The zero-order valence-corrected chi connectivity index (χ0v) is 12.1. The number of carbonyl (C=O) groups is 1. The fourth-order valence-corrected chi connectivity index (χ4v) is 3.19. The summed E-state index contributed by atoms with van der Waals surface area (Å²) in [5, 5.41) is 0. The number of alkyl halides is 3. The molecular weight excluding hydrogens is 302 g/mol. The second-order valence-corrected chi connectivity index (χ2v) is 6.71. The first-order valence-corrected chi connectivity index (χ1v) is 8.22. The molecule has 0 bridgehead atoms. The third kappa shape index (κ3) is 4.85. The normalized spacial score (nSPS) is 18.8. The summed E-state index contributed by atoms with van der Waals surface area (Å²) in [5.74, 6) is -0.890. The van der Waals surface area contributed by atoms with E-state index >= 15 is 0 Å². The third-order valence-electron chi connectivity index (χ3n) is 3.10. The van der Waals surface area contributed by atoms with Crippen molar-refractivity contribution in [2.75, 3.05) is 31.8 Å². The predicted molar refractivity (Wildman–Crippen MR) is 67.9 cm³/mol. The monoisotopic (exact) mass is 318 g/mol. The quantitative estimate of drug-likeness (QED) is 0.703. The Morgan fingerprint density at radius 3 is 2.32 bits per heavy atom. The summed E-state index contributed by atoms with van der Waals surface area (Å²) in [6.07, 6.45) is -0.820. The number of piperidine rings is 1. The fourth-order valence-electron chi connectivity index (χ4n) is 2.17. The van der Waals surface area contributed by atoms with Gasteiger partial charge in [0.2, 0.25) is 15.9 Å². The lowest BCUT2D eigenvalue weighted by molar-refractivity contribution is -0.133. The third-order valence-corrected chi connectivity index (χ3v) is 4.63. The van der Waals surface area contributed by atoms with Crippen LogP contribution in [-0.4, -0.2) is 67.8 Å². The summed E-state index contributed by atoms with van der Waals surface area (Å²) in [6, 6.07) is -0.377. The molecule has 0 aliphatic carbocycles. The smallest absolute Gasteiger partial charge is 0.255 e. The molecule has 0 spiro atoms. The lowest BCUT2D eigenvalue weighted by atomic mass is 10.0. The van der Waals surface area contributed by atoms with Crippen molar-refractivity contribution >= 4 is 27.5 Å². The molecule has 19 heavy (non-hydrogen) atoms. The van der Waals surface area contributed by atoms with E-state index in [2.05, 4.69) is 0 Å². The molecule has 9 heteroatoms. The van der Waals surface area contributed by atoms with Gasteiger partial charge in [-0.2, -0.15) is 0 Å². The molecule has 1 fully saturated rings. The number of hydrogen-bond acceptors (Lipinski definition) is 3. The molecule has 1 heterocycles. The largest absolute Gasteiger partial charge is 0.333 e. The summed E-state index contributed by atoms with van der Waals surface area (Å²) in [4.78, 5) is 12.6. The Labute approximate surface area is 116 Å². The van der Waals surface area contributed by atoms with Gasteiger partial charge in [-0.1, -0.05) is 0 Å². The molecule has 0 aromatic rings. The Morgan fingerprint density at radius 2 is 1.95 bits per heavy atom. The molecule has 5 nitrogen and oxygen atoms in total. The van der Waals surface area contributed by atoms with E-state index in [-0.39, 0.29) is 25.0 Å². The van der Waals surface area contributed by atoms with Crippen LogP contribution in [0.15, 0.2) is 0 Å². The van der Waals surface area contributed by atoms with Crippen LogP contribution in [0.1, 0.15) is 12.8 Å². The number of hydrogen-bond donors (Lipinski definition) is 0. The van der Waals surface area contributed by atoms with Gasteiger partial charge in [-0.25, -0.2) is 21.5 Å². The second-order valence-electron chi connectivity index (χ2n) is 4.46. The van der Waals surface area contributed by atoms with E-state index < -0.39 is 28.9 Å². The van der Waals surface area contributed by atoms with Crippen molar-refractivity contribution < 1.29 is 22.0 Å². The van der Waals surface area contributed by atoms with Crippen LogP contribution in [0.3, 0.4) is 0 Å². The van der Waals surface area contributed by atoms with E-state index in [0.717, 1.165) is 11.2 Å². The van der Waals surface area contributed by atoms with Crippen LogP contribution in [0.2, 0.25) is 0 Å². The summed E-state index contributed by atoms with van der Waals surface area (Å²) in [5.41, 5.74) is 0. The highest BCUT2D eigenvalue weighted by molar-refractivity contribution is 7.88. The molecule has 1 saturated heterocycles. The average molecular weight is 319 g/mol. The number of amides is 1. The molecule has 112 valence electrons. The van der Waals surface area contributed by atoms with Crippen molar-refractivity contribution in [1.82, 2.24) is 9.21 Å². The van der Waals surface area contributed by atoms with Gasteiger partial charge in [-0.3, -0.25) is 4.79 Å². The molecule has 0 radical (unpaired) electrons. The molecular formula is C10H17ClF2N2O3S. The highest BCUT2D eigenvalue weighted by atomic mass is 35.5. The van der Waals surface area contributed by atoms with Crippen LogP contribution >= 0.6 is 11.6 Å². The van der Waals surface area contributed by atoms with Crippen molar-refractivity contribution in [3.05, 3.63) is 0 Å². The molecule has 0 saturated carbocycles. The molecule has 1 amide bonds. The van der Waals surface area contributed by atoms with Crippen LogP contribution in [0.5, 0.6) is 0 Å². The van der Waals surface area contributed by atoms with Crippen LogP contribution in [0, 0.1) is 0 Å². The number of sulfonamides is 1. The zero-order chi connectivity index (χ0) is 14.6. The molecule has 0 aromatic carbocycles. The molecule has 0 unspecified atom stereocenters. The van der Waals surface area contributed by atoms with Crippen LogP contribution in [0.4, 0.5) is 8.78 Å². The Bertz CT molecular complexity index is 411. The average Bonchev–Trinajstić information content (AvgIpc) is 2.34. The zero-order valence-electron chi connectivity index (χ0n) is 10.6. The lowest BCUT2D eigenvalue weighted by Gasteiger charge is -2.37. The maximum absolute atomic E-state index is 12.5. The summed E-state index contributed by atoms with van der Waals surface area (Å²) in [6.45, 7) is -0.188. The minimum Gasteiger partial charge on any atom is -0.333 e. The molecule has 0 N–H and O–H groups in total. The maximum Gasteiger partial charge on any atom is 0.255 e. The van der Waals surface area contributed by atoms with Gasteiger partial charge >= 0.3 is 0 Å². The lowest BCUT2D eigenvalue weighted by Crippen LogP contribution is -2.50. The van der Waals surface area contributed by atoms with E-state index in [1.54, 1.807) is 0 Å². The highest BCUT2D eigenvalue weighted by Gasteiger charge is 2.31. The first kappa shape index (κ1) is 16.6. The minimum atomic E-state index is -3.27. The van der Waals surface area contributed by atoms with E-state index in [0.29, 0.717) is 12.8 Å². The highest BCUT2D eigenvalue weighted by Crippen LogP contribution is 2.20. The van der Waals surface area contributed by atoms with Gasteiger partial charge in [-0.05, 0) is 12.8 Å². The van der Waals surface area contributed by atoms with E-state index in [1.807, 2.05) is 0 Å². The van der Waals surface area contributed by atoms with Crippen molar-refractivity contribution in [1.29, 1.82) is 0 Å². The van der Waals surface area contributed by atoms with E-state index in [1.165, 1.54) is 4.31 Å². The van der Waals surface area contributed by atoms with Gasteiger partial charge in [0.25, 0.3) is 6.43 Å². The molecule has 1 aliphatic heterocycles. The number of halogens is 3. The van der Waals surface area contributed by atoms with Gasteiger partial charge in [0.05, 0.1) is 12.8 Å². The van der Waals surface area contributed by atoms with Gasteiger partial charge in [0.15, 0.2) is 0 Å². The molecule has 0 atom stereocenters. The number of nitrogens with zero attached hydrogens (tertiary/aromatic N) is 2. The molecule has 1 rings (SSSR count). The summed E-state index contributed by atoms with van der Waals surface area (Å²) < 4.78 is 48.9. The topological polar surface area (TPSA) is 57.7 Å². The second kappa shape index (κ2) is 6.81. The Kier molecular flexibility index (Phi) is 5.94. The number of carbonyl (C=O) groups excluding carboxylic acids is 1. The first-order chi connectivity index (χ1) is 8.75. The van der Waals surface area contributed by atoms with Crippen molar-refractivity contribution in [3.63, 3.8) is 0 Å². The van der Waals surface area contributed by atoms with Crippen molar-refractivity contribution in [3.8, 4) is 0 Å². The predicted octanol–water partition coefficient (Wildman–Crippen LogP) is 0.743. The van der Waals surface area contributed by atoms with Gasteiger partial charge in [0, 0.05) is 19.1 Å². The Hall–Kier alpha value is -0.470. The van der Waals surface area contributed by atoms with Crippen LogP contribution in [-0.2, 0) is 14.8 Å². The van der Waals surface area contributed by atoms with Gasteiger partial charge in [0.1, 0.15) is 5.88 Å². The van der Waals surface area contributed by atoms with Gasteiger partial charge < -0.3 is 4.90 Å². The minimum absolute atomic E-state index is 0.235. The summed E-state index contributed by atoms with van der Waals surface area (Å²) >= 11 is 5.41. The van der Waals surface area contributed by atoms with Crippen LogP contribution in [0.25, 0.3) is 0 Å². The number of rotatable bonds is 5.